The topological polar surface area (TPSA) is 50.2 Å². The number of aromatic nitrogens is 1. The quantitative estimate of drug-likeness (QED) is 0.849. The van der Waals surface area contributed by atoms with Crippen LogP contribution >= 0.6 is 15.9 Å². The molecule has 0 aliphatic rings. The molecular weight excluding hydrogens is 317 g/mol. The Bertz CT molecular complexity index is 460. The molecule has 0 aliphatic heterocycles. The summed E-state index contributed by atoms with van der Waals surface area (Å²) >= 11 is 2.40. The summed E-state index contributed by atoms with van der Waals surface area (Å²) in [5.41, 5.74) is -3.90. The molecule has 0 spiro atoms. The lowest BCUT2D eigenvalue weighted by molar-refractivity contribution is -0.138. The van der Waals surface area contributed by atoms with Crippen molar-refractivity contribution in [3.63, 3.8) is 0 Å². The predicted octanol–water partition coefficient (Wildman–Crippen LogP) is 3.50. The van der Waals surface area contributed by atoms with Gasteiger partial charge in [0.05, 0.1) is 15.6 Å². The first kappa shape index (κ1) is 13.8. The van der Waals surface area contributed by atoms with E-state index in [9.17, 15) is 26.7 Å². The lowest BCUT2D eigenvalue weighted by atomic mass is 10.1. The van der Waals surface area contributed by atoms with E-state index in [1.807, 2.05) is 0 Å². The van der Waals surface area contributed by atoms with Crippen molar-refractivity contribution in [1.82, 2.24) is 4.98 Å². The summed E-state index contributed by atoms with van der Waals surface area (Å²) < 4.78 is 61.0. The summed E-state index contributed by atoms with van der Waals surface area (Å²) in [5.74, 6) is -1.96. The highest BCUT2D eigenvalue weighted by Crippen LogP contribution is 2.37. The van der Waals surface area contributed by atoms with Gasteiger partial charge in [0, 0.05) is 6.20 Å². The summed E-state index contributed by atoms with van der Waals surface area (Å²) in [7, 11) is 0. The van der Waals surface area contributed by atoms with Gasteiger partial charge < -0.3 is 5.11 Å². The summed E-state index contributed by atoms with van der Waals surface area (Å²) in [6.45, 7) is 0. The van der Waals surface area contributed by atoms with Crippen LogP contribution in [0.5, 0.6) is 0 Å². The minimum absolute atomic E-state index is 0.0791. The maximum Gasteiger partial charge on any atom is 0.418 e. The highest BCUT2D eigenvalue weighted by atomic mass is 79.9. The van der Waals surface area contributed by atoms with Crippen LogP contribution < -0.4 is 0 Å². The van der Waals surface area contributed by atoms with Crippen molar-refractivity contribution in [3.8, 4) is 0 Å². The van der Waals surface area contributed by atoms with E-state index in [1.165, 1.54) is 0 Å². The van der Waals surface area contributed by atoms with Crippen LogP contribution in [0.15, 0.2) is 10.7 Å². The summed E-state index contributed by atoms with van der Waals surface area (Å²) in [4.78, 5) is 13.6. The number of hydrogen-bond acceptors (Lipinski definition) is 2. The summed E-state index contributed by atoms with van der Waals surface area (Å²) in [5, 5.41) is 8.61. The standard InChI is InChI=1S/C8H3BrF5NO2/c9-4-3(7(16)17)2(8(12,13)14)1-15-5(4)6(10)11/h1,6H,(H,16,17). The summed E-state index contributed by atoms with van der Waals surface area (Å²) in [6.07, 6.45) is -8.08. The number of pyridine rings is 1. The number of aromatic carboxylic acids is 1. The van der Waals surface area contributed by atoms with Gasteiger partial charge >= 0.3 is 12.1 Å². The van der Waals surface area contributed by atoms with Crippen LogP contribution in [0.2, 0.25) is 0 Å². The highest BCUT2D eigenvalue weighted by molar-refractivity contribution is 9.10. The normalized spacial score (nSPS) is 11.9. The van der Waals surface area contributed by atoms with Crippen molar-refractivity contribution in [2.24, 2.45) is 0 Å². The van der Waals surface area contributed by atoms with Crippen molar-refractivity contribution >= 4 is 21.9 Å². The number of carboxylic acids is 1. The molecule has 0 atom stereocenters. The molecule has 3 nitrogen and oxygen atoms in total. The summed E-state index contributed by atoms with van der Waals surface area (Å²) in [6, 6.07) is 0. The molecule has 0 unspecified atom stereocenters. The van der Waals surface area contributed by atoms with Gasteiger partial charge in [0.15, 0.2) is 0 Å². The van der Waals surface area contributed by atoms with Gasteiger partial charge in [0.25, 0.3) is 6.43 Å². The van der Waals surface area contributed by atoms with Crippen molar-refractivity contribution < 1.29 is 31.9 Å². The maximum atomic E-state index is 12.4. The zero-order chi connectivity index (χ0) is 13.4. The van der Waals surface area contributed by atoms with Gasteiger partial charge in [0.2, 0.25) is 0 Å². The molecule has 0 saturated carbocycles. The first-order valence-electron chi connectivity index (χ1n) is 3.93. The Labute approximate surface area is 99.4 Å². The van der Waals surface area contributed by atoms with Gasteiger partial charge in [-0.2, -0.15) is 13.2 Å². The molecule has 0 bridgehead atoms. The van der Waals surface area contributed by atoms with E-state index in [2.05, 4.69) is 20.9 Å². The molecule has 94 valence electrons. The van der Waals surface area contributed by atoms with Crippen LogP contribution in [0, 0.1) is 0 Å². The van der Waals surface area contributed by atoms with Crippen LogP contribution in [0.4, 0.5) is 22.0 Å². The first-order chi connectivity index (χ1) is 7.66. The van der Waals surface area contributed by atoms with Crippen molar-refractivity contribution in [3.05, 3.63) is 27.5 Å². The van der Waals surface area contributed by atoms with E-state index >= 15 is 0 Å². The largest absolute Gasteiger partial charge is 0.478 e. The minimum atomic E-state index is -4.98. The molecule has 0 aromatic carbocycles. The molecule has 0 saturated heterocycles. The predicted molar refractivity (Wildman–Crippen MR) is 48.9 cm³/mol. The molecule has 1 heterocycles. The van der Waals surface area contributed by atoms with Crippen LogP contribution in [-0.2, 0) is 6.18 Å². The van der Waals surface area contributed by atoms with Gasteiger partial charge in [-0.15, -0.1) is 0 Å². The molecule has 0 radical (unpaired) electrons. The number of hydrogen-bond donors (Lipinski definition) is 1. The number of carboxylic acid groups (broad SMARTS) is 1. The lowest BCUT2D eigenvalue weighted by Gasteiger charge is -2.13. The Balaban J connectivity index is 3.57. The molecule has 1 aromatic heterocycles. The van der Waals surface area contributed by atoms with Gasteiger partial charge in [-0.1, -0.05) is 0 Å². The van der Waals surface area contributed by atoms with Gasteiger partial charge in [0.1, 0.15) is 5.69 Å². The SMILES string of the molecule is O=C(O)c1c(C(F)(F)F)cnc(C(F)F)c1Br. The zero-order valence-corrected chi connectivity index (χ0v) is 9.31. The van der Waals surface area contributed by atoms with E-state index in [1.54, 1.807) is 0 Å². The number of halogens is 6. The van der Waals surface area contributed by atoms with Gasteiger partial charge in [-0.25, -0.2) is 13.6 Å². The van der Waals surface area contributed by atoms with Crippen molar-refractivity contribution in [2.45, 2.75) is 12.6 Å². The molecule has 0 fully saturated rings. The average molecular weight is 320 g/mol. The first-order valence-corrected chi connectivity index (χ1v) is 4.72. The number of nitrogens with zero attached hydrogens (tertiary/aromatic N) is 1. The van der Waals surface area contributed by atoms with Crippen LogP contribution in [0.1, 0.15) is 28.0 Å². The Morgan fingerprint density at radius 2 is 1.94 bits per heavy atom. The number of rotatable bonds is 2. The molecular formula is C8H3BrF5NO2. The smallest absolute Gasteiger partial charge is 0.418 e. The third kappa shape index (κ3) is 2.71. The molecule has 17 heavy (non-hydrogen) atoms. The van der Waals surface area contributed by atoms with Crippen LogP contribution in [-0.4, -0.2) is 16.1 Å². The van der Waals surface area contributed by atoms with E-state index in [0.29, 0.717) is 0 Å². The third-order valence-corrected chi connectivity index (χ3v) is 2.58. The van der Waals surface area contributed by atoms with Crippen LogP contribution in [0.3, 0.4) is 0 Å². The van der Waals surface area contributed by atoms with Crippen molar-refractivity contribution in [1.29, 1.82) is 0 Å². The van der Waals surface area contributed by atoms with E-state index in [4.69, 9.17) is 5.11 Å². The fraction of sp³-hybridized carbons (Fsp3) is 0.250. The van der Waals surface area contributed by atoms with Gasteiger partial charge in [-0.3, -0.25) is 4.98 Å². The Morgan fingerprint density at radius 3 is 2.29 bits per heavy atom. The third-order valence-electron chi connectivity index (χ3n) is 1.77. The van der Waals surface area contributed by atoms with E-state index < -0.39 is 39.9 Å². The molecule has 1 aromatic rings. The Kier molecular flexibility index (Phi) is 3.70. The fourth-order valence-corrected chi connectivity index (χ4v) is 1.74. The Hall–Kier alpha value is -1.25. The lowest BCUT2D eigenvalue weighted by Crippen LogP contribution is -2.16. The van der Waals surface area contributed by atoms with E-state index in [-0.39, 0.29) is 6.20 Å². The molecule has 0 amide bonds. The van der Waals surface area contributed by atoms with Crippen LogP contribution in [0.25, 0.3) is 0 Å². The van der Waals surface area contributed by atoms with Gasteiger partial charge in [-0.05, 0) is 15.9 Å². The monoisotopic (exact) mass is 319 g/mol. The molecule has 0 aliphatic carbocycles. The maximum absolute atomic E-state index is 12.4. The minimum Gasteiger partial charge on any atom is -0.478 e. The fourth-order valence-electron chi connectivity index (χ4n) is 1.08. The molecule has 1 N–H and O–H groups in total. The number of alkyl halides is 5. The molecule has 1 rings (SSSR count). The zero-order valence-electron chi connectivity index (χ0n) is 7.73. The second-order valence-corrected chi connectivity index (χ2v) is 3.64. The average Bonchev–Trinajstić information content (AvgIpc) is 2.14. The second kappa shape index (κ2) is 4.55. The Morgan fingerprint density at radius 1 is 1.41 bits per heavy atom. The van der Waals surface area contributed by atoms with Crippen molar-refractivity contribution in [2.75, 3.05) is 0 Å². The second-order valence-electron chi connectivity index (χ2n) is 2.85. The highest BCUT2D eigenvalue weighted by Gasteiger charge is 2.38. The molecule has 9 heteroatoms. The van der Waals surface area contributed by atoms with E-state index in [0.717, 1.165) is 0 Å². The number of carbonyl (C=O) groups is 1.